The minimum Gasteiger partial charge on any atom is -0.378 e. The van der Waals surface area contributed by atoms with E-state index in [0.717, 1.165) is 34.3 Å². The molecule has 40 heavy (non-hydrogen) atoms. The van der Waals surface area contributed by atoms with Crippen LogP contribution < -0.4 is 10.6 Å². The topological polar surface area (TPSA) is 128 Å². The molecule has 0 spiro atoms. The summed E-state index contributed by atoms with van der Waals surface area (Å²) in [5.41, 5.74) is 4.21. The molecular weight excluding hydrogens is 508 g/mol. The summed E-state index contributed by atoms with van der Waals surface area (Å²) in [6.07, 6.45) is 6.89. The maximum atomic E-state index is 13.3. The number of fused-ring (bicyclic) bond motifs is 1. The Kier molecular flexibility index (Phi) is 5.90. The Morgan fingerprint density at radius 3 is 2.80 bits per heavy atom. The van der Waals surface area contributed by atoms with Crippen LogP contribution in [0.1, 0.15) is 59.0 Å². The number of ether oxygens (including phenoxy) is 1. The Bertz CT molecular complexity index is 1620. The van der Waals surface area contributed by atoms with Crippen LogP contribution in [0.2, 0.25) is 0 Å². The van der Waals surface area contributed by atoms with Crippen LogP contribution in [-0.4, -0.2) is 71.3 Å². The van der Waals surface area contributed by atoms with Crippen molar-refractivity contribution in [2.45, 2.75) is 51.4 Å². The molecular formula is C28H34N10O2. The second-order valence-corrected chi connectivity index (χ2v) is 11.2. The van der Waals surface area contributed by atoms with Crippen molar-refractivity contribution in [3.05, 3.63) is 65.9 Å². The van der Waals surface area contributed by atoms with Gasteiger partial charge < -0.3 is 15.4 Å². The van der Waals surface area contributed by atoms with Gasteiger partial charge in [-0.25, -0.2) is 14.6 Å². The smallest absolute Gasteiger partial charge is 0.273 e. The maximum Gasteiger partial charge on any atom is 0.273 e. The fourth-order valence-corrected chi connectivity index (χ4v) is 4.91. The molecule has 1 aromatic carbocycles. The van der Waals surface area contributed by atoms with Gasteiger partial charge in [-0.3, -0.25) is 14.4 Å². The number of carbonyl (C=O) groups excluding carboxylic acids is 1. The molecule has 0 radical (unpaired) electrons. The van der Waals surface area contributed by atoms with Crippen LogP contribution in [0, 0.1) is 0 Å². The highest BCUT2D eigenvalue weighted by Gasteiger charge is 2.32. The summed E-state index contributed by atoms with van der Waals surface area (Å²) in [6, 6.07) is 8.11. The van der Waals surface area contributed by atoms with Gasteiger partial charge in [0.05, 0.1) is 54.6 Å². The Labute approximate surface area is 237 Å². The number of amides is 1. The fraction of sp³-hybridized carbons (Fsp3) is 0.429. The van der Waals surface area contributed by atoms with E-state index in [2.05, 4.69) is 53.0 Å². The van der Waals surface area contributed by atoms with Gasteiger partial charge in [0, 0.05) is 42.1 Å². The van der Waals surface area contributed by atoms with E-state index in [-0.39, 0.29) is 23.2 Å². The summed E-state index contributed by atoms with van der Waals surface area (Å²) in [4.78, 5) is 24.6. The molecule has 12 heteroatoms. The van der Waals surface area contributed by atoms with E-state index in [4.69, 9.17) is 8.85 Å². The Morgan fingerprint density at radius 1 is 1.20 bits per heavy atom. The number of aromatic nitrogens is 7. The lowest BCUT2D eigenvalue weighted by atomic mass is 9.96. The van der Waals surface area contributed by atoms with Gasteiger partial charge in [0.25, 0.3) is 5.91 Å². The number of rotatable bonds is 6. The van der Waals surface area contributed by atoms with Crippen LogP contribution in [0.3, 0.4) is 0 Å². The highest BCUT2D eigenvalue weighted by atomic mass is 16.5. The van der Waals surface area contributed by atoms with Crippen molar-refractivity contribution >= 4 is 17.5 Å². The molecule has 2 aliphatic heterocycles. The molecule has 1 saturated heterocycles. The zero-order valence-electron chi connectivity index (χ0n) is 25.7. The van der Waals surface area contributed by atoms with Gasteiger partial charge >= 0.3 is 0 Å². The van der Waals surface area contributed by atoms with Gasteiger partial charge in [-0.1, -0.05) is 17.3 Å². The average molecular weight is 546 g/mol. The predicted octanol–water partition coefficient (Wildman–Crippen LogP) is 3.04. The van der Waals surface area contributed by atoms with Crippen molar-refractivity contribution in [3.63, 3.8) is 0 Å². The first-order valence-electron chi connectivity index (χ1n) is 14.8. The monoisotopic (exact) mass is 545 g/mol. The van der Waals surface area contributed by atoms with Gasteiger partial charge in [0.2, 0.25) is 5.95 Å². The summed E-state index contributed by atoms with van der Waals surface area (Å²) in [5, 5.41) is 18.4. The molecule has 1 amide bonds. The number of benzene rings is 1. The van der Waals surface area contributed by atoms with E-state index < -0.39 is 6.98 Å². The van der Waals surface area contributed by atoms with Crippen molar-refractivity contribution in [2.24, 2.45) is 6.98 Å². The van der Waals surface area contributed by atoms with Crippen LogP contribution in [0.4, 0.5) is 11.6 Å². The normalized spacial score (nSPS) is 19.5. The number of anilines is 2. The number of hydrogen-bond donors (Lipinski definition) is 2. The SMILES string of the molecule is [2H]C([2H])([2H])n1cc(Nc2nccc(-c3ccc4c(c3)CN(C3COC3)CC[C@H]4NC(=O)c3cn(C(C)(C)C)nn3)n2)cn1. The zero-order chi connectivity index (χ0) is 30.4. The van der Waals surface area contributed by atoms with Crippen LogP contribution >= 0.6 is 0 Å². The van der Waals surface area contributed by atoms with Gasteiger partial charge in [0.1, 0.15) is 0 Å². The number of aryl methyl sites for hydroxylation is 1. The van der Waals surface area contributed by atoms with Crippen LogP contribution in [0.5, 0.6) is 0 Å². The average Bonchev–Trinajstić information content (AvgIpc) is 3.57. The molecule has 1 atom stereocenters. The number of nitrogens with one attached hydrogen (secondary N) is 2. The summed E-state index contributed by atoms with van der Waals surface area (Å²) in [6.45, 7) is 6.57. The van der Waals surface area contributed by atoms with Gasteiger partial charge in [-0.15, -0.1) is 5.10 Å². The molecule has 0 aliphatic carbocycles. The van der Waals surface area contributed by atoms with E-state index in [1.807, 2.05) is 32.9 Å². The second-order valence-electron chi connectivity index (χ2n) is 11.2. The maximum absolute atomic E-state index is 13.3. The van der Waals surface area contributed by atoms with Gasteiger partial charge in [-0.05, 0) is 50.5 Å². The van der Waals surface area contributed by atoms with Gasteiger partial charge in [-0.2, -0.15) is 5.10 Å². The van der Waals surface area contributed by atoms with Crippen molar-refractivity contribution in [2.75, 3.05) is 25.1 Å². The molecule has 2 N–H and O–H groups in total. The highest BCUT2D eigenvalue weighted by Crippen LogP contribution is 2.32. The van der Waals surface area contributed by atoms with Gasteiger partial charge in [0.15, 0.2) is 5.69 Å². The Hall–Kier alpha value is -4.16. The van der Waals surface area contributed by atoms with Crippen molar-refractivity contribution in [3.8, 4) is 11.3 Å². The lowest BCUT2D eigenvalue weighted by Gasteiger charge is -2.36. The lowest BCUT2D eigenvalue weighted by molar-refractivity contribution is -0.0678. The molecule has 0 saturated carbocycles. The van der Waals surface area contributed by atoms with E-state index in [1.54, 1.807) is 17.1 Å². The van der Waals surface area contributed by atoms with E-state index in [9.17, 15) is 4.79 Å². The van der Waals surface area contributed by atoms with Crippen LogP contribution in [-0.2, 0) is 23.8 Å². The number of carbonyl (C=O) groups is 1. The third kappa shape index (κ3) is 5.45. The minimum atomic E-state index is -2.37. The van der Waals surface area contributed by atoms with E-state index in [0.29, 0.717) is 43.1 Å². The summed E-state index contributed by atoms with van der Waals surface area (Å²) in [7, 11) is 0. The Balaban J connectivity index is 1.26. The predicted molar refractivity (Wildman–Crippen MR) is 149 cm³/mol. The molecule has 12 nitrogen and oxygen atoms in total. The molecule has 6 rings (SSSR count). The zero-order valence-corrected chi connectivity index (χ0v) is 22.7. The molecule has 5 heterocycles. The van der Waals surface area contributed by atoms with E-state index in [1.165, 1.54) is 12.4 Å². The molecule has 0 bridgehead atoms. The summed E-state index contributed by atoms with van der Waals surface area (Å²) >= 11 is 0. The van der Waals surface area contributed by atoms with Crippen molar-refractivity contribution in [1.29, 1.82) is 0 Å². The highest BCUT2D eigenvalue weighted by molar-refractivity contribution is 5.92. The van der Waals surface area contributed by atoms with Crippen molar-refractivity contribution < 1.29 is 13.6 Å². The number of nitrogens with zero attached hydrogens (tertiary/aromatic N) is 8. The largest absolute Gasteiger partial charge is 0.378 e. The second kappa shape index (κ2) is 10.4. The van der Waals surface area contributed by atoms with Crippen molar-refractivity contribution in [1.82, 2.24) is 45.0 Å². The van der Waals surface area contributed by atoms with E-state index >= 15 is 0 Å². The Morgan fingerprint density at radius 2 is 2.08 bits per heavy atom. The third-order valence-electron chi connectivity index (χ3n) is 7.24. The first kappa shape index (κ1) is 22.6. The first-order valence-corrected chi connectivity index (χ1v) is 13.3. The van der Waals surface area contributed by atoms with Crippen LogP contribution in [0.25, 0.3) is 11.3 Å². The lowest BCUT2D eigenvalue weighted by Crippen LogP contribution is -2.48. The first-order chi connectivity index (χ1) is 20.4. The molecule has 208 valence electrons. The molecule has 1 fully saturated rings. The molecule has 0 unspecified atom stereocenters. The third-order valence-corrected chi connectivity index (χ3v) is 7.24. The van der Waals surface area contributed by atoms with Crippen LogP contribution in [0.15, 0.2) is 49.1 Å². The minimum absolute atomic E-state index is 0.209. The molecule has 2 aliphatic rings. The summed E-state index contributed by atoms with van der Waals surface area (Å²) in [5.74, 6) is 0.0588. The summed E-state index contributed by atoms with van der Waals surface area (Å²) < 4.78 is 30.6. The molecule has 3 aromatic heterocycles. The fourth-order valence-electron chi connectivity index (χ4n) is 4.91. The standard InChI is InChI=1S/C28H34N10O2/c1-28(2,3)38-15-25(34-35-38)26(39)32-24-8-10-37(21-16-40-17-21)13-19-11-18(5-6-22(19)24)23-7-9-29-27(33-23)31-20-12-30-36(4)14-20/h5-7,9,11-12,14-15,21,24H,8,10,13,16-17H2,1-4H3,(H,32,39)(H,29,31,33)/t24-/m1/s1/i4D3. The quantitative estimate of drug-likeness (QED) is 0.376. The molecule has 4 aromatic rings. The number of hydrogen-bond acceptors (Lipinski definition) is 9.